The van der Waals surface area contributed by atoms with Crippen LogP contribution in [-0.4, -0.2) is 0 Å². The molecule has 2 atom stereocenters. The van der Waals surface area contributed by atoms with E-state index in [2.05, 4.69) is 20.8 Å². The first-order valence-electron chi connectivity index (χ1n) is 6.74. The smallest absolute Gasteiger partial charge is 0.0414 e. The van der Waals surface area contributed by atoms with E-state index in [-0.39, 0.29) is 0 Å². The van der Waals surface area contributed by atoms with Gasteiger partial charge in [-0.3, -0.25) is 0 Å². The Kier molecular flexibility index (Phi) is 5.59. The molecule has 1 fully saturated rings. The third-order valence-electron chi connectivity index (χ3n) is 4.36. The third-order valence-corrected chi connectivity index (χ3v) is 4.36. The lowest BCUT2D eigenvalue weighted by Gasteiger charge is -2.25. The molecule has 0 spiro atoms. The first-order valence-corrected chi connectivity index (χ1v) is 6.74. The average Bonchev–Trinajstić information content (AvgIpc) is 2.13. The van der Waals surface area contributed by atoms with Gasteiger partial charge in [0.2, 0.25) is 0 Å². The Balaban J connectivity index is 1.91. The van der Waals surface area contributed by atoms with Gasteiger partial charge >= 0.3 is 0 Å². The summed E-state index contributed by atoms with van der Waals surface area (Å²) in [5.41, 5.74) is 0. The number of hydrogen-bond acceptors (Lipinski definition) is 0. The van der Waals surface area contributed by atoms with Crippen molar-refractivity contribution in [3.05, 3.63) is 0 Å². The van der Waals surface area contributed by atoms with Gasteiger partial charge in [-0.1, -0.05) is 72.1 Å². The Hall–Kier alpha value is 0. The lowest BCUT2D eigenvalue weighted by atomic mass is 9.81. The standard InChI is InChI=1S/C14H28/c1-4-12(2)13(3)8-5-6-9-14-10-7-11-14/h12-14H,4-11H2,1-3H3. The van der Waals surface area contributed by atoms with Crippen LogP contribution in [-0.2, 0) is 0 Å². The molecule has 0 radical (unpaired) electrons. The molecule has 0 bridgehead atoms. The predicted octanol–water partition coefficient (Wildman–Crippen LogP) is 5.03. The molecule has 0 aliphatic heterocycles. The fourth-order valence-corrected chi connectivity index (χ4v) is 2.37. The molecule has 14 heavy (non-hydrogen) atoms. The molecule has 0 aromatic carbocycles. The summed E-state index contributed by atoms with van der Waals surface area (Å²) in [6.45, 7) is 7.14. The Morgan fingerprint density at radius 2 is 1.79 bits per heavy atom. The van der Waals surface area contributed by atoms with Gasteiger partial charge in [-0.25, -0.2) is 0 Å². The van der Waals surface area contributed by atoms with Gasteiger partial charge in [-0.05, 0) is 17.8 Å². The summed E-state index contributed by atoms with van der Waals surface area (Å²) in [4.78, 5) is 0. The minimum Gasteiger partial charge on any atom is -0.0651 e. The molecular weight excluding hydrogens is 168 g/mol. The summed E-state index contributed by atoms with van der Waals surface area (Å²) in [6, 6.07) is 0. The zero-order valence-corrected chi connectivity index (χ0v) is 10.4. The summed E-state index contributed by atoms with van der Waals surface area (Å²) in [5.74, 6) is 2.99. The van der Waals surface area contributed by atoms with Crippen LogP contribution in [0.2, 0.25) is 0 Å². The van der Waals surface area contributed by atoms with E-state index in [1.54, 1.807) is 0 Å². The highest BCUT2D eigenvalue weighted by Gasteiger charge is 2.16. The Morgan fingerprint density at radius 1 is 1.07 bits per heavy atom. The molecule has 84 valence electrons. The molecule has 1 aliphatic rings. The Labute approximate surface area is 90.5 Å². The zero-order valence-electron chi connectivity index (χ0n) is 10.4. The van der Waals surface area contributed by atoms with Gasteiger partial charge < -0.3 is 0 Å². The predicted molar refractivity (Wildman–Crippen MR) is 64.4 cm³/mol. The van der Waals surface area contributed by atoms with E-state index in [1.165, 1.54) is 51.4 Å². The molecule has 0 aromatic rings. The second-order valence-corrected chi connectivity index (χ2v) is 5.44. The summed E-state index contributed by atoms with van der Waals surface area (Å²) < 4.78 is 0. The van der Waals surface area contributed by atoms with E-state index in [9.17, 15) is 0 Å². The van der Waals surface area contributed by atoms with Crippen molar-refractivity contribution in [2.24, 2.45) is 17.8 Å². The van der Waals surface area contributed by atoms with Crippen molar-refractivity contribution >= 4 is 0 Å². The van der Waals surface area contributed by atoms with Gasteiger partial charge in [0, 0.05) is 0 Å². The van der Waals surface area contributed by atoms with Crippen LogP contribution >= 0.6 is 0 Å². The molecule has 0 aromatic heterocycles. The maximum Gasteiger partial charge on any atom is -0.0414 e. The molecule has 0 heterocycles. The molecule has 1 saturated carbocycles. The largest absolute Gasteiger partial charge is 0.0651 e. The second kappa shape index (κ2) is 6.48. The van der Waals surface area contributed by atoms with Crippen LogP contribution in [0, 0.1) is 17.8 Å². The minimum absolute atomic E-state index is 0.929. The SMILES string of the molecule is CCC(C)C(C)CCCCC1CCC1. The van der Waals surface area contributed by atoms with Crippen molar-refractivity contribution in [1.29, 1.82) is 0 Å². The van der Waals surface area contributed by atoms with Crippen molar-refractivity contribution in [2.75, 3.05) is 0 Å². The zero-order chi connectivity index (χ0) is 10.4. The number of unbranched alkanes of at least 4 members (excludes halogenated alkanes) is 1. The molecule has 2 unspecified atom stereocenters. The molecule has 0 saturated heterocycles. The molecular formula is C14H28. The Bertz CT molecular complexity index is 135. The van der Waals surface area contributed by atoms with Crippen LogP contribution in [0.15, 0.2) is 0 Å². The highest BCUT2D eigenvalue weighted by Crippen LogP contribution is 2.31. The van der Waals surface area contributed by atoms with Crippen molar-refractivity contribution in [3.8, 4) is 0 Å². The van der Waals surface area contributed by atoms with Crippen molar-refractivity contribution < 1.29 is 0 Å². The van der Waals surface area contributed by atoms with Gasteiger partial charge in [0.1, 0.15) is 0 Å². The minimum atomic E-state index is 0.929. The van der Waals surface area contributed by atoms with Crippen LogP contribution in [0.1, 0.15) is 72.1 Å². The van der Waals surface area contributed by atoms with Crippen LogP contribution in [0.4, 0.5) is 0 Å². The van der Waals surface area contributed by atoms with E-state index >= 15 is 0 Å². The number of rotatable bonds is 7. The third kappa shape index (κ3) is 4.02. The first-order chi connectivity index (χ1) is 6.74. The van der Waals surface area contributed by atoms with Crippen LogP contribution in [0.5, 0.6) is 0 Å². The van der Waals surface area contributed by atoms with E-state index in [0.717, 1.165) is 17.8 Å². The van der Waals surface area contributed by atoms with Gasteiger partial charge in [0.25, 0.3) is 0 Å². The van der Waals surface area contributed by atoms with Crippen LogP contribution in [0.3, 0.4) is 0 Å². The summed E-state index contributed by atoms with van der Waals surface area (Å²) in [5, 5.41) is 0. The molecule has 0 nitrogen and oxygen atoms in total. The summed E-state index contributed by atoms with van der Waals surface area (Å²) in [6.07, 6.45) is 11.9. The fraction of sp³-hybridized carbons (Fsp3) is 1.00. The van der Waals surface area contributed by atoms with E-state index in [4.69, 9.17) is 0 Å². The van der Waals surface area contributed by atoms with Gasteiger partial charge in [-0.15, -0.1) is 0 Å². The molecule has 0 heteroatoms. The monoisotopic (exact) mass is 196 g/mol. The van der Waals surface area contributed by atoms with Crippen LogP contribution in [0.25, 0.3) is 0 Å². The lowest BCUT2D eigenvalue weighted by molar-refractivity contribution is 0.277. The second-order valence-electron chi connectivity index (χ2n) is 5.44. The molecule has 1 aliphatic carbocycles. The Morgan fingerprint density at radius 3 is 2.29 bits per heavy atom. The van der Waals surface area contributed by atoms with Gasteiger partial charge in [0.15, 0.2) is 0 Å². The first kappa shape index (κ1) is 12.1. The summed E-state index contributed by atoms with van der Waals surface area (Å²) in [7, 11) is 0. The molecule has 0 amide bonds. The maximum atomic E-state index is 2.43. The average molecular weight is 196 g/mol. The van der Waals surface area contributed by atoms with Crippen LogP contribution < -0.4 is 0 Å². The number of hydrogen-bond donors (Lipinski definition) is 0. The quantitative estimate of drug-likeness (QED) is 0.501. The van der Waals surface area contributed by atoms with E-state index in [1.807, 2.05) is 0 Å². The maximum absolute atomic E-state index is 2.43. The van der Waals surface area contributed by atoms with Crippen molar-refractivity contribution in [2.45, 2.75) is 72.1 Å². The molecule has 1 rings (SSSR count). The highest BCUT2D eigenvalue weighted by molar-refractivity contribution is 4.69. The fourth-order valence-electron chi connectivity index (χ4n) is 2.37. The van der Waals surface area contributed by atoms with Crippen molar-refractivity contribution in [3.63, 3.8) is 0 Å². The van der Waals surface area contributed by atoms with E-state index in [0.29, 0.717) is 0 Å². The topological polar surface area (TPSA) is 0 Å². The summed E-state index contributed by atoms with van der Waals surface area (Å²) >= 11 is 0. The molecule has 0 N–H and O–H groups in total. The highest BCUT2D eigenvalue weighted by atomic mass is 14.2. The van der Waals surface area contributed by atoms with Crippen molar-refractivity contribution in [1.82, 2.24) is 0 Å². The normalized spacial score (nSPS) is 21.6. The van der Waals surface area contributed by atoms with E-state index < -0.39 is 0 Å². The lowest BCUT2D eigenvalue weighted by Crippen LogP contribution is -2.11. The van der Waals surface area contributed by atoms with Gasteiger partial charge in [-0.2, -0.15) is 0 Å². The van der Waals surface area contributed by atoms with Gasteiger partial charge in [0.05, 0.1) is 0 Å².